The molecular weight excluding hydrogens is 266 g/mol. The van der Waals surface area contributed by atoms with Crippen molar-refractivity contribution in [2.75, 3.05) is 6.54 Å². The third-order valence-corrected chi connectivity index (χ3v) is 2.66. The van der Waals surface area contributed by atoms with Crippen molar-refractivity contribution in [2.45, 2.75) is 25.9 Å². The highest BCUT2D eigenvalue weighted by molar-refractivity contribution is 5.87. The van der Waals surface area contributed by atoms with Gasteiger partial charge in [0.15, 0.2) is 0 Å². The first-order valence-corrected chi connectivity index (χ1v) is 5.82. The molecule has 0 radical (unpaired) electrons. The fourth-order valence-corrected chi connectivity index (χ4v) is 1.66. The van der Waals surface area contributed by atoms with Crippen LogP contribution in [-0.4, -0.2) is 29.3 Å². The lowest BCUT2D eigenvalue weighted by atomic mass is 10.1. The average Bonchev–Trinajstić information content (AvgIpc) is 2.34. The van der Waals surface area contributed by atoms with Gasteiger partial charge in [0.1, 0.15) is 6.04 Å². The summed E-state index contributed by atoms with van der Waals surface area (Å²) in [4.78, 5) is 24.6. The van der Waals surface area contributed by atoms with Crippen LogP contribution >= 0.6 is 12.4 Å². The number of halogens is 1. The smallest absolute Gasteiger partial charge is 0.244 e. The zero-order chi connectivity index (χ0) is 13.7. The molecule has 0 heterocycles. The fraction of sp³-hybridized carbons (Fsp3) is 0.385. The number of hydrogen-bond donors (Lipinski definition) is 2. The highest BCUT2D eigenvalue weighted by Crippen LogP contribution is 2.14. The second-order valence-electron chi connectivity index (χ2n) is 4.41. The summed E-state index contributed by atoms with van der Waals surface area (Å²) in [5.41, 5.74) is 11.8. The Labute approximate surface area is 119 Å². The van der Waals surface area contributed by atoms with Crippen LogP contribution in [0.3, 0.4) is 0 Å². The Kier molecular flexibility index (Phi) is 7.11. The third kappa shape index (κ3) is 4.89. The van der Waals surface area contributed by atoms with Gasteiger partial charge in [0, 0.05) is 6.04 Å². The molecular formula is C13H20ClN3O2. The Hall–Kier alpha value is -1.59. The quantitative estimate of drug-likeness (QED) is 0.840. The minimum absolute atomic E-state index is 0. The largest absolute Gasteiger partial charge is 0.368 e. The molecule has 1 aromatic carbocycles. The van der Waals surface area contributed by atoms with E-state index < -0.39 is 11.9 Å². The summed E-state index contributed by atoms with van der Waals surface area (Å²) in [5, 5.41) is 0. The normalized spacial score (nSPS) is 11.6. The van der Waals surface area contributed by atoms with E-state index in [1.165, 1.54) is 4.90 Å². The highest BCUT2D eigenvalue weighted by Gasteiger charge is 2.25. The van der Waals surface area contributed by atoms with E-state index in [2.05, 4.69) is 0 Å². The van der Waals surface area contributed by atoms with Gasteiger partial charge in [0.05, 0.1) is 6.54 Å². The van der Waals surface area contributed by atoms with Crippen LogP contribution in [-0.2, 0) is 9.59 Å². The minimum atomic E-state index is -0.770. The molecule has 0 spiro atoms. The van der Waals surface area contributed by atoms with Gasteiger partial charge < -0.3 is 16.4 Å². The Morgan fingerprint density at radius 2 is 1.74 bits per heavy atom. The number of rotatable bonds is 5. The third-order valence-electron chi connectivity index (χ3n) is 2.66. The molecule has 0 fully saturated rings. The van der Waals surface area contributed by atoms with Crippen LogP contribution in [0.25, 0.3) is 0 Å². The average molecular weight is 286 g/mol. The molecule has 0 aliphatic heterocycles. The summed E-state index contributed by atoms with van der Waals surface area (Å²) in [7, 11) is 0. The summed E-state index contributed by atoms with van der Waals surface area (Å²) in [6.07, 6.45) is 0. The van der Waals surface area contributed by atoms with E-state index >= 15 is 0 Å². The van der Waals surface area contributed by atoms with E-state index in [9.17, 15) is 9.59 Å². The summed E-state index contributed by atoms with van der Waals surface area (Å²) in [5.74, 6) is -0.840. The van der Waals surface area contributed by atoms with Crippen molar-refractivity contribution >= 4 is 24.2 Å². The van der Waals surface area contributed by atoms with Crippen LogP contribution in [0.4, 0.5) is 0 Å². The van der Waals surface area contributed by atoms with Gasteiger partial charge in [-0.1, -0.05) is 30.3 Å². The first-order valence-electron chi connectivity index (χ1n) is 5.82. The molecule has 0 aliphatic carbocycles. The van der Waals surface area contributed by atoms with Gasteiger partial charge in [0.25, 0.3) is 0 Å². The maximum atomic E-state index is 12.2. The number of amides is 2. The van der Waals surface area contributed by atoms with Crippen LogP contribution in [0.1, 0.15) is 25.5 Å². The number of primary amides is 1. The van der Waals surface area contributed by atoms with Gasteiger partial charge >= 0.3 is 0 Å². The van der Waals surface area contributed by atoms with Gasteiger partial charge in [0.2, 0.25) is 11.8 Å². The number of carbonyl (C=O) groups excluding carboxylic acids is 2. The Balaban J connectivity index is 0.00000324. The second kappa shape index (κ2) is 7.76. The van der Waals surface area contributed by atoms with Gasteiger partial charge in [-0.15, -0.1) is 12.4 Å². The lowest BCUT2D eigenvalue weighted by molar-refractivity contribution is -0.138. The zero-order valence-electron chi connectivity index (χ0n) is 11.1. The molecule has 0 aromatic heterocycles. The van der Waals surface area contributed by atoms with Crippen molar-refractivity contribution in [1.29, 1.82) is 0 Å². The van der Waals surface area contributed by atoms with Gasteiger partial charge in [-0.05, 0) is 19.4 Å². The molecule has 2 amide bonds. The first kappa shape index (κ1) is 17.4. The van der Waals surface area contributed by atoms with Crippen LogP contribution in [0.2, 0.25) is 0 Å². The van der Waals surface area contributed by atoms with E-state index in [0.29, 0.717) is 0 Å². The lowest BCUT2D eigenvalue weighted by Crippen LogP contribution is -2.46. The van der Waals surface area contributed by atoms with E-state index in [4.69, 9.17) is 11.5 Å². The Morgan fingerprint density at radius 3 is 2.16 bits per heavy atom. The molecule has 1 atom stereocenters. The molecule has 1 unspecified atom stereocenters. The summed E-state index contributed by atoms with van der Waals surface area (Å²) < 4.78 is 0. The van der Waals surface area contributed by atoms with E-state index in [1.807, 2.05) is 32.0 Å². The van der Waals surface area contributed by atoms with E-state index in [1.54, 1.807) is 12.1 Å². The van der Waals surface area contributed by atoms with Crippen molar-refractivity contribution in [1.82, 2.24) is 4.90 Å². The molecule has 1 aromatic rings. The second-order valence-corrected chi connectivity index (χ2v) is 4.41. The predicted octanol–water partition coefficient (Wildman–Crippen LogP) is 0.831. The lowest BCUT2D eigenvalue weighted by Gasteiger charge is -2.28. The Bertz CT molecular complexity index is 423. The minimum Gasteiger partial charge on any atom is -0.368 e. The molecule has 6 heteroatoms. The molecule has 0 bridgehead atoms. The van der Waals surface area contributed by atoms with Crippen molar-refractivity contribution < 1.29 is 9.59 Å². The van der Waals surface area contributed by atoms with Gasteiger partial charge in [-0.25, -0.2) is 0 Å². The molecule has 106 valence electrons. The molecule has 4 N–H and O–H groups in total. The van der Waals surface area contributed by atoms with Crippen molar-refractivity contribution in [3.63, 3.8) is 0 Å². The number of nitrogens with two attached hydrogens (primary N) is 2. The van der Waals surface area contributed by atoms with Gasteiger partial charge in [-0.3, -0.25) is 9.59 Å². The highest BCUT2D eigenvalue weighted by atomic mass is 35.5. The first-order chi connectivity index (χ1) is 8.43. The van der Waals surface area contributed by atoms with Crippen LogP contribution < -0.4 is 11.5 Å². The summed E-state index contributed by atoms with van der Waals surface area (Å²) in [6.45, 7) is 3.52. The monoisotopic (exact) mass is 285 g/mol. The number of carbonyl (C=O) groups is 2. The maximum absolute atomic E-state index is 12.2. The standard InChI is InChI=1S/C13H19N3O2.ClH/c1-9(2)16(8-11(14)17)13(18)12(15)10-6-4-3-5-7-10;/h3-7,9,12H,8,15H2,1-2H3,(H2,14,17);1H. The summed E-state index contributed by atoms with van der Waals surface area (Å²) in [6, 6.07) is 8.15. The topological polar surface area (TPSA) is 89.4 Å². The van der Waals surface area contributed by atoms with Crippen molar-refractivity contribution in [3.05, 3.63) is 35.9 Å². The molecule has 1 rings (SSSR count). The number of nitrogens with zero attached hydrogens (tertiary/aromatic N) is 1. The maximum Gasteiger partial charge on any atom is 0.244 e. The zero-order valence-corrected chi connectivity index (χ0v) is 11.9. The van der Waals surface area contributed by atoms with Crippen LogP contribution in [0, 0.1) is 0 Å². The Morgan fingerprint density at radius 1 is 1.21 bits per heavy atom. The van der Waals surface area contributed by atoms with Gasteiger partial charge in [-0.2, -0.15) is 0 Å². The van der Waals surface area contributed by atoms with Crippen LogP contribution in [0.5, 0.6) is 0 Å². The SMILES string of the molecule is CC(C)N(CC(N)=O)C(=O)C(N)c1ccccc1.Cl. The molecule has 5 nitrogen and oxygen atoms in total. The number of hydrogen-bond acceptors (Lipinski definition) is 3. The van der Waals surface area contributed by atoms with Crippen molar-refractivity contribution in [3.8, 4) is 0 Å². The summed E-state index contributed by atoms with van der Waals surface area (Å²) >= 11 is 0. The predicted molar refractivity (Wildman–Crippen MR) is 76.7 cm³/mol. The van der Waals surface area contributed by atoms with E-state index in [-0.39, 0.29) is 30.9 Å². The van der Waals surface area contributed by atoms with Crippen LogP contribution in [0.15, 0.2) is 30.3 Å². The van der Waals surface area contributed by atoms with Crippen molar-refractivity contribution in [2.24, 2.45) is 11.5 Å². The van der Waals surface area contributed by atoms with E-state index in [0.717, 1.165) is 5.56 Å². The molecule has 0 aliphatic rings. The molecule has 19 heavy (non-hydrogen) atoms. The molecule has 0 saturated heterocycles. The molecule has 0 saturated carbocycles. The fourth-order valence-electron chi connectivity index (χ4n) is 1.66. The number of benzene rings is 1.